The summed E-state index contributed by atoms with van der Waals surface area (Å²) in [7, 11) is 3.05. The fourth-order valence-corrected chi connectivity index (χ4v) is 2.80. The van der Waals surface area contributed by atoms with Crippen LogP contribution in [0, 0.1) is 0 Å². The van der Waals surface area contributed by atoms with Gasteiger partial charge in [0.25, 0.3) is 5.56 Å². The number of imidazole rings is 1. The number of aliphatic hydroxyl groups excluding tert-OH is 2. The third-order valence-electron chi connectivity index (χ3n) is 4.44. The Morgan fingerprint density at radius 1 is 1.34 bits per heavy atom. The number of aromatic amines is 1. The zero-order valence-corrected chi connectivity index (χ0v) is 16.2. The van der Waals surface area contributed by atoms with Crippen LogP contribution in [-0.2, 0) is 13.6 Å². The second-order valence-corrected chi connectivity index (χ2v) is 6.41. The number of H-pyrrole nitrogens is 1. The highest BCUT2D eigenvalue weighted by molar-refractivity contribution is 5.99. The van der Waals surface area contributed by atoms with Gasteiger partial charge in [0.15, 0.2) is 11.2 Å². The number of anilines is 1. The average molecular weight is 402 g/mol. The fourth-order valence-electron chi connectivity index (χ4n) is 2.80. The molecule has 0 aliphatic rings. The maximum absolute atomic E-state index is 12.3. The highest BCUT2D eigenvalue weighted by Gasteiger charge is 2.19. The maximum Gasteiger partial charge on any atom is 0.329 e. The summed E-state index contributed by atoms with van der Waals surface area (Å²) in [6, 6.07) is 7.28. The third-order valence-corrected chi connectivity index (χ3v) is 4.44. The van der Waals surface area contributed by atoms with E-state index in [0.717, 1.165) is 11.3 Å². The number of rotatable bonds is 7. The molecule has 3 rings (SSSR count). The lowest BCUT2D eigenvalue weighted by Gasteiger charge is -2.12. The number of methoxy groups -OCH3 is 1. The molecule has 1 aromatic carbocycles. The van der Waals surface area contributed by atoms with Crippen molar-refractivity contribution < 1.29 is 14.9 Å². The molecule has 29 heavy (non-hydrogen) atoms. The van der Waals surface area contributed by atoms with Crippen molar-refractivity contribution in [2.45, 2.75) is 19.6 Å². The van der Waals surface area contributed by atoms with E-state index >= 15 is 0 Å². The number of nitrogens with one attached hydrogen (secondary N) is 2. The smallest absolute Gasteiger partial charge is 0.329 e. The van der Waals surface area contributed by atoms with Gasteiger partial charge in [-0.15, -0.1) is 0 Å². The first-order chi connectivity index (χ1) is 13.8. The Morgan fingerprint density at radius 2 is 2.03 bits per heavy atom. The van der Waals surface area contributed by atoms with Gasteiger partial charge in [0.1, 0.15) is 5.75 Å². The van der Waals surface area contributed by atoms with Crippen LogP contribution in [0.4, 0.5) is 5.95 Å². The summed E-state index contributed by atoms with van der Waals surface area (Å²) in [5.41, 5.74) is 3.20. The number of hydrogen-bond donors (Lipinski definition) is 4. The van der Waals surface area contributed by atoms with Gasteiger partial charge in [-0.05, 0) is 36.8 Å². The van der Waals surface area contributed by atoms with Crippen molar-refractivity contribution in [1.29, 1.82) is 0 Å². The minimum atomic E-state index is -1.13. The molecule has 1 atom stereocenters. The normalized spacial score (nSPS) is 12.9. The topological polar surface area (TPSA) is 147 Å². The summed E-state index contributed by atoms with van der Waals surface area (Å²) < 4.78 is 7.69. The molecule has 2 aromatic heterocycles. The van der Waals surface area contributed by atoms with E-state index in [1.807, 2.05) is 12.1 Å². The molecule has 3 aromatic rings. The molecule has 1 unspecified atom stereocenters. The van der Waals surface area contributed by atoms with Crippen molar-refractivity contribution in [3.8, 4) is 5.75 Å². The van der Waals surface area contributed by atoms with Crippen LogP contribution < -0.4 is 21.4 Å². The van der Waals surface area contributed by atoms with Crippen molar-refractivity contribution >= 4 is 22.8 Å². The van der Waals surface area contributed by atoms with Gasteiger partial charge in [-0.1, -0.05) is 0 Å². The number of aryl methyl sites for hydroxylation is 1. The fraction of sp³-hybridized carbons (Fsp3) is 0.333. The van der Waals surface area contributed by atoms with E-state index in [4.69, 9.17) is 4.74 Å². The van der Waals surface area contributed by atoms with Crippen LogP contribution in [0.15, 0.2) is 39.0 Å². The Balaban J connectivity index is 2.04. The Morgan fingerprint density at radius 3 is 2.66 bits per heavy atom. The van der Waals surface area contributed by atoms with Crippen LogP contribution >= 0.6 is 0 Å². The largest absolute Gasteiger partial charge is 0.497 e. The van der Waals surface area contributed by atoms with Gasteiger partial charge in [-0.25, -0.2) is 10.2 Å². The highest BCUT2D eigenvalue weighted by atomic mass is 16.5. The second-order valence-electron chi connectivity index (χ2n) is 6.41. The SMILES string of the molecule is COc1ccc(C(C)=NNc2nc3c(c(=O)[nH]c(=O)n3C)n2CC(O)CO)cc1. The van der Waals surface area contributed by atoms with E-state index in [2.05, 4.69) is 20.5 Å². The zero-order valence-electron chi connectivity index (χ0n) is 16.2. The molecule has 154 valence electrons. The number of ether oxygens (including phenoxy) is 1. The first kappa shape index (κ1) is 20.3. The lowest BCUT2D eigenvalue weighted by molar-refractivity contribution is 0.0825. The van der Waals surface area contributed by atoms with E-state index in [-0.39, 0.29) is 23.7 Å². The molecule has 11 heteroatoms. The molecule has 0 saturated heterocycles. The van der Waals surface area contributed by atoms with Crippen LogP contribution in [0.25, 0.3) is 11.2 Å². The predicted molar refractivity (Wildman–Crippen MR) is 108 cm³/mol. The number of fused-ring (bicyclic) bond motifs is 1. The standard InChI is InChI=1S/C18H22N6O5/c1-10(11-4-6-13(29-3)7-5-11)21-22-17-19-15-14(24(17)8-12(26)9-25)16(27)20-18(28)23(15)2/h4-7,12,25-26H,8-9H2,1-3H3,(H,19,22)(H,20,27,28). The summed E-state index contributed by atoms with van der Waals surface area (Å²) in [6.07, 6.45) is -1.13. The van der Waals surface area contributed by atoms with Crippen molar-refractivity contribution in [3.05, 3.63) is 50.7 Å². The van der Waals surface area contributed by atoms with Crippen LogP contribution in [0.3, 0.4) is 0 Å². The van der Waals surface area contributed by atoms with Gasteiger partial charge in [0.05, 0.1) is 32.1 Å². The molecule has 2 heterocycles. The number of aromatic nitrogens is 4. The van der Waals surface area contributed by atoms with E-state index in [1.54, 1.807) is 26.2 Å². The lowest BCUT2D eigenvalue weighted by Crippen LogP contribution is -2.30. The number of hydrazone groups is 1. The Kier molecular flexibility index (Phi) is 5.80. The van der Waals surface area contributed by atoms with Crippen molar-refractivity contribution in [3.63, 3.8) is 0 Å². The number of benzene rings is 1. The van der Waals surface area contributed by atoms with Crippen LogP contribution in [0.1, 0.15) is 12.5 Å². The summed E-state index contributed by atoms with van der Waals surface area (Å²) in [4.78, 5) is 30.7. The quantitative estimate of drug-likeness (QED) is 0.311. The molecule has 0 radical (unpaired) electrons. The second kappa shape index (κ2) is 8.29. The molecule has 0 aliphatic heterocycles. The minimum absolute atomic E-state index is 0.0828. The van der Waals surface area contributed by atoms with Crippen molar-refractivity contribution in [2.24, 2.45) is 12.1 Å². The van der Waals surface area contributed by atoms with Gasteiger partial charge < -0.3 is 19.5 Å². The minimum Gasteiger partial charge on any atom is -0.497 e. The molecular formula is C18H22N6O5. The van der Waals surface area contributed by atoms with Gasteiger partial charge in [-0.2, -0.15) is 10.1 Å². The molecule has 0 saturated carbocycles. The zero-order chi connectivity index (χ0) is 21.1. The van der Waals surface area contributed by atoms with Crippen molar-refractivity contribution in [2.75, 3.05) is 19.1 Å². The molecule has 0 bridgehead atoms. The number of aliphatic hydroxyl groups is 2. The Bertz CT molecular complexity index is 1160. The van der Waals surface area contributed by atoms with E-state index < -0.39 is 24.0 Å². The molecule has 0 aliphatic carbocycles. The molecule has 0 fully saturated rings. The van der Waals surface area contributed by atoms with Gasteiger partial charge >= 0.3 is 5.69 Å². The van der Waals surface area contributed by atoms with E-state index in [0.29, 0.717) is 5.71 Å². The molecule has 4 N–H and O–H groups in total. The molecule has 0 spiro atoms. The third kappa shape index (κ3) is 4.05. The van der Waals surface area contributed by atoms with Crippen molar-refractivity contribution in [1.82, 2.24) is 19.1 Å². The Labute approximate surface area is 164 Å². The molecular weight excluding hydrogens is 380 g/mol. The molecule has 0 amide bonds. The van der Waals surface area contributed by atoms with Crippen LogP contribution in [0.5, 0.6) is 5.75 Å². The Hall–Kier alpha value is -3.44. The predicted octanol–water partition coefficient (Wildman–Crippen LogP) is -0.379. The number of nitrogens with zero attached hydrogens (tertiary/aromatic N) is 4. The molecule has 11 nitrogen and oxygen atoms in total. The lowest BCUT2D eigenvalue weighted by atomic mass is 10.1. The van der Waals surface area contributed by atoms with Gasteiger partial charge in [-0.3, -0.25) is 14.3 Å². The van der Waals surface area contributed by atoms with Gasteiger partial charge in [0, 0.05) is 7.05 Å². The van der Waals surface area contributed by atoms with E-state index in [1.165, 1.54) is 16.2 Å². The highest BCUT2D eigenvalue weighted by Crippen LogP contribution is 2.17. The van der Waals surface area contributed by atoms with Crippen LogP contribution in [-0.4, -0.2) is 54.8 Å². The summed E-state index contributed by atoms with van der Waals surface area (Å²) >= 11 is 0. The first-order valence-corrected chi connectivity index (χ1v) is 8.79. The van der Waals surface area contributed by atoms with E-state index in [9.17, 15) is 19.8 Å². The first-order valence-electron chi connectivity index (χ1n) is 8.79. The monoisotopic (exact) mass is 402 g/mol. The summed E-state index contributed by atoms with van der Waals surface area (Å²) in [5.74, 6) is 0.862. The summed E-state index contributed by atoms with van der Waals surface area (Å²) in [6.45, 7) is 1.16. The van der Waals surface area contributed by atoms with Gasteiger partial charge in [0.2, 0.25) is 5.95 Å². The number of hydrogen-bond acceptors (Lipinski definition) is 8. The average Bonchev–Trinajstić information content (AvgIpc) is 3.09. The summed E-state index contributed by atoms with van der Waals surface area (Å²) in [5, 5.41) is 23.4. The maximum atomic E-state index is 12.3. The van der Waals surface area contributed by atoms with Crippen LogP contribution in [0.2, 0.25) is 0 Å².